The van der Waals surface area contributed by atoms with Crippen molar-refractivity contribution in [2.75, 3.05) is 26.3 Å². The number of nitrogens with zero attached hydrogens (tertiary/aromatic N) is 1. The molecular formula is C17H31NO2. The second-order valence-electron chi connectivity index (χ2n) is 6.86. The summed E-state index contributed by atoms with van der Waals surface area (Å²) in [6.45, 7) is 8.32. The van der Waals surface area contributed by atoms with E-state index in [9.17, 15) is 4.79 Å². The van der Waals surface area contributed by atoms with E-state index in [0.29, 0.717) is 23.7 Å². The molecule has 1 aliphatic carbocycles. The summed E-state index contributed by atoms with van der Waals surface area (Å²) in [4.78, 5) is 14.5. The Morgan fingerprint density at radius 1 is 1.20 bits per heavy atom. The lowest BCUT2D eigenvalue weighted by Crippen LogP contribution is -2.46. The monoisotopic (exact) mass is 281 g/mol. The van der Waals surface area contributed by atoms with E-state index in [0.717, 1.165) is 52.0 Å². The minimum absolute atomic E-state index is 0.325. The van der Waals surface area contributed by atoms with E-state index in [1.807, 2.05) is 0 Å². The number of hydrogen-bond acceptors (Lipinski definition) is 3. The zero-order valence-corrected chi connectivity index (χ0v) is 13.3. The van der Waals surface area contributed by atoms with Crippen LogP contribution in [0.2, 0.25) is 0 Å². The highest BCUT2D eigenvalue weighted by Crippen LogP contribution is 2.32. The van der Waals surface area contributed by atoms with Gasteiger partial charge in [0.15, 0.2) is 0 Å². The van der Waals surface area contributed by atoms with Gasteiger partial charge in [0.05, 0.1) is 6.61 Å². The Kier molecular flexibility index (Phi) is 6.50. The number of ketones is 1. The molecule has 20 heavy (non-hydrogen) atoms. The maximum atomic E-state index is 12.0. The van der Waals surface area contributed by atoms with Gasteiger partial charge in [-0.05, 0) is 44.6 Å². The van der Waals surface area contributed by atoms with Gasteiger partial charge >= 0.3 is 0 Å². The Balaban J connectivity index is 1.74. The SMILES string of the molecule is CC(C)CCOCCN1CCCCC1C1CCCC1=O. The van der Waals surface area contributed by atoms with Crippen LogP contribution in [0.1, 0.15) is 58.8 Å². The third-order valence-electron chi connectivity index (χ3n) is 4.84. The molecule has 3 heteroatoms. The molecule has 0 aromatic heterocycles. The van der Waals surface area contributed by atoms with Crippen molar-refractivity contribution in [3.8, 4) is 0 Å². The molecule has 2 rings (SSSR count). The molecule has 2 fully saturated rings. The van der Waals surface area contributed by atoms with E-state index in [1.54, 1.807) is 0 Å². The zero-order chi connectivity index (χ0) is 14.4. The number of likely N-dealkylation sites (tertiary alicyclic amines) is 1. The van der Waals surface area contributed by atoms with Gasteiger partial charge in [-0.1, -0.05) is 20.3 Å². The van der Waals surface area contributed by atoms with Gasteiger partial charge in [0.1, 0.15) is 5.78 Å². The first-order chi connectivity index (χ1) is 9.68. The predicted molar refractivity (Wildman–Crippen MR) is 81.8 cm³/mol. The summed E-state index contributed by atoms with van der Waals surface area (Å²) in [7, 11) is 0. The molecule has 0 amide bonds. The fourth-order valence-electron chi connectivity index (χ4n) is 3.60. The molecule has 0 N–H and O–H groups in total. The molecule has 0 bridgehead atoms. The highest BCUT2D eigenvalue weighted by Gasteiger charge is 2.36. The predicted octanol–water partition coefficient (Wildman–Crippen LogP) is 3.27. The van der Waals surface area contributed by atoms with Gasteiger partial charge in [0, 0.05) is 31.5 Å². The van der Waals surface area contributed by atoms with Crippen molar-refractivity contribution in [2.45, 2.75) is 64.8 Å². The van der Waals surface area contributed by atoms with E-state index >= 15 is 0 Å². The van der Waals surface area contributed by atoms with Gasteiger partial charge in [0.2, 0.25) is 0 Å². The minimum atomic E-state index is 0.325. The lowest BCUT2D eigenvalue weighted by molar-refractivity contribution is -0.123. The Bertz CT molecular complexity index is 303. The normalized spacial score (nSPS) is 28.4. The van der Waals surface area contributed by atoms with Crippen LogP contribution in [-0.4, -0.2) is 43.0 Å². The average Bonchev–Trinajstić information content (AvgIpc) is 2.85. The molecule has 1 aliphatic heterocycles. The highest BCUT2D eigenvalue weighted by atomic mass is 16.5. The molecule has 1 saturated heterocycles. The summed E-state index contributed by atoms with van der Waals surface area (Å²) >= 11 is 0. The van der Waals surface area contributed by atoms with E-state index in [-0.39, 0.29) is 0 Å². The summed E-state index contributed by atoms with van der Waals surface area (Å²) in [5.41, 5.74) is 0. The number of hydrogen-bond donors (Lipinski definition) is 0. The van der Waals surface area contributed by atoms with E-state index < -0.39 is 0 Å². The standard InChI is InChI=1S/C17H31NO2/c1-14(2)9-12-20-13-11-18-10-4-3-7-16(18)15-6-5-8-17(15)19/h14-16H,3-13H2,1-2H3. The number of ether oxygens (including phenoxy) is 1. The first kappa shape index (κ1) is 16.0. The summed E-state index contributed by atoms with van der Waals surface area (Å²) in [5, 5.41) is 0. The fourth-order valence-corrected chi connectivity index (χ4v) is 3.60. The van der Waals surface area contributed by atoms with Crippen molar-refractivity contribution in [2.24, 2.45) is 11.8 Å². The van der Waals surface area contributed by atoms with Crippen molar-refractivity contribution >= 4 is 5.78 Å². The summed E-state index contributed by atoms with van der Waals surface area (Å²) in [6, 6.07) is 0.507. The van der Waals surface area contributed by atoms with Gasteiger partial charge in [-0.25, -0.2) is 0 Å². The van der Waals surface area contributed by atoms with Gasteiger partial charge in [0.25, 0.3) is 0 Å². The molecule has 1 saturated carbocycles. The lowest BCUT2D eigenvalue weighted by Gasteiger charge is -2.38. The van der Waals surface area contributed by atoms with Crippen molar-refractivity contribution in [3.05, 3.63) is 0 Å². The maximum absolute atomic E-state index is 12.0. The number of carbonyl (C=O) groups is 1. The number of rotatable bonds is 7. The number of carbonyl (C=O) groups excluding carboxylic acids is 1. The summed E-state index contributed by atoms with van der Waals surface area (Å²) in [6.07, 6.45) is 7.97. The third-order valence-corrected chi connectivity index (χ3v) is 4.84. The van der Waals surface area contributed by atoms with Crippen LogP contribution in [0.15, 0.2) is 0 Å². The van der Waals surface area contributed by atoms with Gasteiger partial charge in [-0.2, -0.15) is 0 Å². The number of piperidine rings is 1. The average molecular weight is 281 g/mol. The Morgan fingerprint density at radius 2 is 2.05 bits per heavy atom. The van der Waals surface area contributed by atoms with Gasteiger partial charge in [-0.15, -0.1) is 0 Å². The zero-order valence-electron chi connectivity index (χ0n) is 13.3. The molecule has 0 aromatic carbocycles. The van der Waals surface area contributed by atoms with Crippen LogP contribution >= 0.6 is 0 Å². The molecule has 3 nitrogen and oxygen atoms in total. The van der Waals surface area contributed by atoms with Gasteiger partial charge in [-0.3, -0.25) is 9.69 Å². The Labute approximate surface area is 124 Å². The highest BCUT2D eigenvalue weighted by molar-refractivity contribution is 5.83. The second-order valence-corrected chi connectivity index (χ2v) is 6.86. The summed E-state index contributed by atoms with van der Waals surface area (Å²) < 4.78 is 5.76. The fraction of sp³-hybridized carbons (Fsp3) is 0.941. The first-order valence-electron chi connectivity index (χ1n) is 8.53. The van der Waals surface area contributed by atoms with Crippen LogP contribution < -0.4 is 0 Å². The van der Waals surface area contributed by atoms with Crippen molar-refractivity contribution in [1.29, 1.82) is 0 Å². The lowest BCUT2D eigenvalue weighted by atomic mass is 9.88. The maximum Gasteiger partial charge on any atom is 0.137 e. The van der Waals surface area contributed by atoms with E-state index in [2.05, 4.69) is 18.7 Å². The molecular weight excluding hydrogens is 250 g/mol. The molecule has 2 unspecified atom stereocenters. The van der Waals surface area contributed by atoms with E-state index in [1.165, 1.54) is 19.3 Å². The van der Waals surface area contributed by atoms with Crippen molar-refractivity contribution < 1.29 is 9.53 Å². The van der Waals surface area contributed by atoms with Crippen LogP contribution in [0, 0.1) is 11.8 Å². The first-order valence-corrected chi connectivity index (χ1v) is 8.53. The smallest absolute Gasteiger partial charge is 0.137 e. The van der Waals surface area contributed by atoms with Crippen molar-refractivity contribution in [1.82, 2.24) is 4.90 Å². The number of Topliss-reactive ketones (excluding diaryl/α,β-unsaturated/α-hetero) is 1. The third kappa shape index (κ3) is 4.56. The van der Waals surface area contributed by atoms with Crippen LogP contribution in [0.4, 0.5) is 0 Å². The molecule has 2 atom stereocenters. The Hall–Kier alpha value is -0.410. The molecule has 1 heterocycles. The molecule has 0 spiro atoms. The van der Waals surface area contributed by atoms with Crippen LogP contribution in [0.25, 0.3) is 0 Å². The molecule has 2 aliphatic rings. The van der Waals surface area contributed by atoms with Gasteiger partial charge < -0.3 is 4.74 Å². The van der Waals surface area contributed by atoms with Crippen LogP contribution in [0.3, 0.4) is 0 Å². The molecule has 0 radical (unpaired) electrons. The largest absolute Gasteiger partial charge is 0.380 e. The topological polar surface area (TPSA) is 29.5 Å². The van der Waals surface area contributed by atoms with E-state index in [4.69, 9.17) is 4.74 Å². The molecule has 116 valence electrons. The van der Waals surface area contributed by atoms with Crippen molar-refractivity contribution in [3.63, 3.8) is 0 Å². The quantitative estimate of drug-likeness (QED) is 0.671. The molecule has 0 aromatic rings. The minimum Gasteiger partial charge on any atom is -0.380 e. The van der Waals surface area contributed by atoms with Crippen LogP contribution in [0.5, 0.6) is 0 Å². The Morgan fingerprint density at radius 3 is 2.75 bits per heavy atom. The summed E-state index contributed by atoms with van der Waals surface area (Å²) in [5.74, 6) is 1.56. The second kappa shape index (κ2) is 8.14. The van der Waals surface area contributed by atoms with Crippen LogP contribution in [-0.2, 0) is 9.53 Å².